The minimum atomic E-state index is 0.441. The Bertz CT molecular complexity index is 1110. The third kappa shape index (κ3) is 3.02. The van der Waals surface area contributed by atoms with Crippen LogP contribution in [-0.2, 0) is 11.3 Å². The van der Waals surface area contributed by atoms with Gasteiger partial charge < -0.3 is 19.6 Å². The summed E-state index contributed by atoms with van der Waals surface area (Å²) in [4.78, 5) is 20.6. The minimum absolute atomic E-state index is 0.441. The number of H-pyrrole nitrogens is 3. The minimum Gasteiger partial charge on any atom is -0.376 e. The maximum absolute atomic E-state index is 5.44. The summed E-state index contributed by atoms with van der Waals surface area (Å²) in [6, 6.07) is 8.15. The zero-order valence-electron chi connectivity index (χ0n) is 14.6. The van der Waals surface area contributed by atoms with Gasteiger partial charge in [0.1, 0.15) is 0 Å². The third-order valence-corrected chi connectivity index (χ3v) is 4.71. The number of hydrogen-bond donors (Lipinski definition) is 2. The normalized spacial score (nSPS) is 15.3. The average molecular weight is 363 g/mol. The molecule has 1 aromatic carbocycles. The largest absolute Gasteiger partial charge is 0.405 e. The summed E-state index contributed by atoms with van der Waals surface area (Å²) in [6.45, 7) is 3.48. The molecule has 3 aromatic heterocycles. The van der Waals surface area contributed by atoms with E-state index in [9.17, 15) is 0 Å². The van der Waals surface area contributed by atoms with Crippen molar-refractivity contribution < 1.29 is 9.72 Å². The number of para-hydroxylation sites is 1. The molecule has 0 radical (unpaired) electrons. The Morgan fingerprint density at radius 1 is 1.19 bits per heavy atom. The van der Waals surface area contributed by atoms with Gasteiger partial charge in [-0.25, -0.2) is 9.97 Å². The van der Waals surface area contributed by atoms with E-state index in [2.05, 4.69) is 46.1 Å². The van der Waals surface area contributed by atoms with E-state index < -0.39 is 0 Å². The summed E-state index contributed by atoms with van der Waals surface area (Å²) in [5, 5.41) is 9.81. The molecule has 0 amide bonds. The second-order valence-electron chi connectivity index (χ2n) is 6.37. The maximum Gasteiger partial charge on any atom is 0.405 e. The van der Waals surface area contributed by atoms with Crippen molar-refractivity contribution in [1.82, 2.24) is 19.9 Å². The molecule has 1 aliphatic rings. The van der Waals surface area contributed by atoms with Crippen LogP contribution in [0.15, 0.2) is 47.0 Å². The molecule has 136 valence electrons. The summed E-state index contributed by atoms with van der Waals surface area (Å²) in [6.07, 6.45) is 3.61. The molecule has 0 aliphatic carbocycles. The lowest BCUT2D eigenvalue weighted by atomic mass is 10.2. The van der Waals surface area contributed by atoms with Gasteiger partial charge in [-0.3, -0.25) is 0 Å². The Labute approximate surface area is 154 Å². The fraction of sp³-hybridized carbons (Fsp3) is 0.278. The van der Waals surface area contributed by atoms with Crippen LogP contribution in [0, 0.1) is 0 Å². The number of anilines is 1. The topological polar surface area (TPSA) is 109 Å². The predicted molar refractivity (Wildman–Crippen MR) is 100.0 cm³/mol. The Morgan fingerprint density at radius 3 is 3.00 bits per heavy atom. The van der Waals surface area contributed by atoms with Crippen LogP contribution in [0.3, 0.4) is 0 Å². The molecule has 0 bridgehead atoms. The van der Waals surface area contributed by atoms with E-state index in [1.165, 1.54) is 0 Å². The van der Waals surface area contributed by atoms with Gasteiger partial charge in [-0.05, 0) is 6.07 Å². The molecule has 27 heavy (non-hydrogen) atoms. The first-order chi connectivity index (χ1) is 13.4. The number of benzene rings is 1. The number of morpholine rings is 1. The number of nitrogens with zero attached hydrogens (tertiary/aromatic N) is 5. The van der Waals surface area contributed by atoms with Gasteiger partial charge in [0, 0.05) is 27.8 Å². The quantitative estimate of drug-likeness (QED) is 0.543. The Balaban J connectivity index is 1.43. The molecular formula is C18H19N8O+. The summed E-state index contributed by atoms with van der Waals surface area (Å²) >= 11 is 0. The lowest BCUT2D eigenvalue weighted by Gasteiger charge is -2.24. The smallest absolute Gasteiger partial charge is 0.376 e. The van der Waals surface area contributed by atoms with Crippen LogP contribution in [0.5, 0.6) is 0 Å². The van der Waals surface area contributed by atoms with Crippen molar-refractivity contribution in [2.75, 3.05) is 31.2 Å². The average Bonchev–Trinajstić information content (AvgIpc) is 3.35. The van der Waals surface area contributed by atoms with Gasteiger partial charge in [0.2, 0.25) is 11.5 Å². The van der Waals surface area contributed by atoms with Crippen molar-refractivity contribution in [3.8, 4) is 0 Å². The zero-order valence-corrected chi connectivity index (χ0v) is 14.6. The Hall–Kier alpha value is -3.33. The van der Waals surface area contributed by atoms with Crippen molar-refractivity contribution in [1.29, 1.82) is 0 Å². The number of rotatable bonds is 4. The highest BCUT2D eigenvalue weighted by molar-refractivity contribution is 5.83. The van der Waals surface area contributed by atoms with Crippen LogP contribution < -0.4 is 9.88 Å². The molecule has 0 unspecified atom stereocenters. The molecule has 4 aromatic rings. The SMILES string of the molecule is c1ccc2c(CN=Nc3nc4nc[nH]c4c(N4CCOCC4)[nH+]3)c[nH]c2c1. The second kappa shape index (κ2) is 6.76. The van der Waals surface area contributed by atoms with E-state index in [-0.39, 0.29) is 0 Å². The predicted octanol–water partition coefficient (Wildman–Crippen LogP) is 2.37. The molecule has 0 atom stereocenters. The van der Waals surface area contributed by atoms with Crippen molar-refractivity contribution >= 4 is 33.8 Å². The number of fused-ring (bicyclic) bond motifs is 2. The third-order valence-electron chi connectivity index (χ3n) is 4.71. The van der Waals surface area contributed by atoms with E-state index >= 15 is 0 Å². The summed E-state index contributed by atoms with van der Waals surface area (Å²) < 4.78 is 5.44. The van der Waals surface area contributed by atoms with Gasteiger partial charge in [-0.1, -0.05) is 23.2 Å². The molecule has 9 heteroatoms. The number of hydrogen-bond acceptors (Lipinski definition) is 6. The number of aromatic amines is 3. The fourth-order valence-corrected chi connectivity index (χ4v) is 3.36. The van der Waals surface area contributed by atoms with Crippen molar-refractivity contribution in [3.05, 3.63) is 42.4 Å². The van der Waals surface area contributed by atoms with E-state index in [4.69, 9.17) is 4.74 Å². The Morgan fingerprint density at radius 2 is 2.07 bits per heavy atom. The summed E-state index contributed by atoms with van der Waals surface area (Å²) in [7, 11) is 0. The fourth-order valence-electron chi connectivity index (χ4n) is 3.36. The van der Waals surface area contributed by atoms with Crippen molar-refractivity contribution in [2.24, 2.45) is 10.2 Å². The van der Waals surface area contributed by atoms with Crippen molar-refractivity contribution in [2.45, 2.75) is 6.54 Å². The van der Waals surface area contributed by atoms with Gasteiger partial charge in [0.05, 0.1) is 39.2 Å². The van der Waals surface area contributed by atoms with Gasteiger partial charge in [0.25, 0.3) is 0 Å². The number of ether oxygens (including phenoxy) is 1. The molecule has 9 nitrogen and oxygen atoms in total. The molecule has 1 saturated heterocycles. The maximum atomic E-state index is 5.44. The van der Waals surface area contributed by atoms with Crippen LogP contribution in [-0.4, -0.2) is 46.2 Å². The molecule has 1 fully saturated rings. The van der Waals surface area contributed by atoms with E-state index in [1.54, 1.807) is 6.33 Å². The summed E-state index contributed by atoms with van der Waals surface area (Å²) in [5.74, 6) is 1.36. The van der Waals surface area contributed by atoms with Crippen LogP contribution in [0.2, 0.25) is 0 Å². The van der Waals surface area contributed by atoms with Crippen LogP contribution in [0.25, 0.3) is 22.1 Å². The highest BCUT2D eigenvalue weighted by Crippen LogP contribution is 2.22. The molecule has 0 spiro atoms. The first kappa shape index (κ1) is 15.9. The van der Waals surface area contributed by atoms with E-state index in [1.807, 2.05) is 24.4 Å². The van der Waals surface area contributed by atoms with E-state index in [0.29, 0.717) is 31.4 Å². The highest BCUT2D eigenvalue weighted by atomic mass is 16.5. The molecule has 1 aliphatic heterocycles. The first-order valence-corrected chi connectivity index (χ1v) is 8.90. The number of nitrogens with one attached hydrogen (secondary N) is 3. The first-order valence-electron chi connectivity index (χ1n) is 8.90. The Kier molecular flexibility index (Phi) is 3.98. The molecule has 4 heterocycles. The molecule has 5 rings (SSSR count). The number of azo groups is 1. The lowest BCUT2D eigenvalue weighted by Crippen LogP contribution is -2.39. The second-order valence-corrected chi connectivity index (χ2v) is 6.37. The molecule has 0 saturated carbocycles. The van der Waals surface area contributed by atoms with E-state index in [0.717, 1.165) is 40.9 Å². The standard InChI is InChI=1S/C18H18N8O/c1-2-4-14-13(3-1)12(9-19-14)10-22-25-18-23-16-15(20-11-21-16)17(24-18)26-5-7-27-8-6-26/h1-4,9,11,19H,5-8,10H2,(H,20,21,23,24)/p+1. The monoisotopic (exact) mass is 363 g/mol. The van der Waals surface area contributed by atoms with Gasteiger partial charge >= 0.3 is 5.95 Å². The van der Waals surface area contributed by atoms with Gasteiger partial charge in [-0.15, -0.1) is 5.11 Å². The molecular weight excluding hydrogens is 344 g/mol. The molecule has 3 N–H and O–H groups in total. The van der Waals surface area contributed by atoms with Crippen LogP contribution in [0.4, 0.5) is 11.8 Å². The highest BCUT2D eigenvalue weighted by Gasteiger charge is 2.23. The summed E-state index contributed by atoms with van der Waals surface area (Å²) in [5.41, 5.74) is 3.69. The van der Waals surface area contributed by atoms with Gasteiger partial charge in [0.15, 0.2) is 5.52 Å². The van der Waals surface area contributed by atoms with Crippen molar-refractivity contribution in [3.63, 3.8) is 0 Å². The van der Waals surface area contributed by atoms with Crippen LogP contribution >= 0.6 is 0 Å². The van der Waals surface area contributed by atoms with Crippen LogP contribution in [0.1, 0.15) is 5.56 Å². The lowest BCUT2D eigenvalue weighted by molar-refractivity contribution is -0.352. The van der Waals surface area contributed by atoms with Gasteiger partial charge in [-0.2, -0.15) is 0 Å². The number of aromatic nitrogens is 5. The zero-order chi connectivity index (χ0) is 18.1. The number of imidazole rings is 1.